The van der Waals surface area contributed by atoms with Crippen molar-refractivity contribution >= 4 is 10.2 Å². The molecule has 0 N–H and O–H groups in total. The van der Waals surface area contributed by atoms with Crippen LogP contribution in [0.15, 0.2) is 30.7 Å². The molecule has 0 spiro atoms. The summed E-state index contributed by atoms with van der Waals surface area (Å²) in [5.41, 5.74) is 1.96. The molecule has 1 unspecified atom stereocenters. The van der Waals surface area contributed by atoms with E-state index < -0.39 is 10.2 Å². The highest BCUT2D eigenvalue weighted by Crippen LogP contribution is 2.28. The molecule has 2 aromatic heterocycles. The molecule has 1 saturated heterocycles. The smallest absolute Gasteiger partial charge is 0.281 e. The van der Waals surface area contributed by atoms with Gasteiger partial charge in [0.15, 0.2) is 0 Å². The molecule has 1 atom stereocenters. The Balaban J connectivity index is 1.86. The molecule has 1 fully saturated rings. The Labute approximate surface area is 149 Å². The van der Waals surface area contributed by atoms with Crippen LogP contribution in [-0.4, -0.2) is 58.7 Å². The normalized spacial score (nSPS) is 19.4. The molecule has 0 aliphatic carbocycles. The van der Waals surface area contributed by atoms with Gasteiger partial charge in [-0.2, -0.15) is 17.0 Å². The lowest BCUT2D eigenvalue weighted by molar-refractivity contribution is 0.296. The van der Waals surface area contributed by atoms with E-state index >= 15 is 0 Å². The van der Waals surface area contributed by atoms with Gasteiger partial charge in [0, 0.05) is 63.8 Å². The molecule has 7 nitrogen and oxygen atoms in total. The summed E-state index contributed by atoms with van der Waals surface area (Å²) in [7, 11) is -0.236. The Morgan fingerprint density at radius 2 is 2.08 bits per heavy atom. The van der Waals surface area contributed by atoms with Crippen LogP contribution in [-0.2, 0) is 16.6 Å². The van der Waals surface area contributed by atoms with Crippen LogP contribution in [0, 0.1) is 0 Å². The number of imidazole rings is 1. The first-order valence-corrected chi connectivity index (χ1v) is 9.99. The molecule has 3 rings (SSSR count). The monoisotopic (exact) mass is 363 g/mol. The molecule has 25 heavy (non-hydrogen) atoms. The van der Waals surface area contributed by atoms with E-state index in [9.17, 15) is 8.42 Å². The van der Waals surface area contributed by atoms with E-state index in [0.29, 0.717) is 13.1 Å². The summed E-state index contributed by atoms with van der Waals surface area (Å²) in [6, 6.07) is 4.01. The third-order valence-corrected chi connectivity index (χ3v) is 6.57. The van der Waals surface area contributed by atoms with Crippen LogP contribution in [0.5, 0.6) is 0 Å². The van der Waals surface area contributed by atoms with Crippen molar-refractivity contribution in [1.82, 2.24) is 23.1 Å². The summed E-state index contributed by atoms with van der Waals surface area (Å²) in [4.78, 5) is 8.89. The van der Waals surface area contributed by atoms with Gasteiger partial charge in [-0.05, 0) is 25.0 Å². The van der Waals surface area contributed by atoms with Crippen molar-refractivity contribution in [3.63, 3.8) is 0 Å². The number of nitrogens with zero attached hydrogens (tertiary/aromatic N) is 5. The molecule has 8 heteroatoms. The van der Waals surface area contributed by atoms with Gasteiger partial charge in [-0.1, -0.05) is 6.92 Å². The van der Waals surface area contributed by atoms with E-state index in [1.807, 2.05) is 12.3 Å². The summed E-state index contributed by atoms with van der Waals surface area (Å²) >= 11 is 0. The lowest BCUT2D eigenvalue weighted by atomic mass is 9.95. The van der Waals surface area contributed by atoms with Gasteiger partial charge in [-0.15, -0.1) is 0 Å². The zero-order chi connectivity index (χ0) is 18.0. The first kappa shape index (κ1) is 18.0. The second-order valence-corrected chi connectivity index (χ2v) is 8.64. The Bertz CT molecular complexity index is 831. The maximum Gasteiger partial charge on any atom is 0.281 e. The fourth-order valence-corrected chi connectivity index (χ4v) is 4.46. The average Bonchev–Trinajstić information content (AvgIpc) is 3.10. The standard InChI is InChI=1S/C17H25N5O2S/c1-4-17-19-9-11-22(17)15-7-8-18-16(12-15)14-6-5-10-21(13-14)25(23,24)20(2)3/h7-9,11-12,14H,4-6,10,13H2,1-3H3. The molecule has 0 saturated carbocycles. The molecule has 1 aliphatic rings. The van der Waals surface area contributed by atoms with E-state index in [1.165, 1.54) is 4.31 Å². The summed E-state index contributed by atoms with van der Waals surface area (Å²) in [5, 5.41) is 0. The minimum atomic E-state index is -3.38. The molecule has 2 aromatic rings. The third-order valence-electron chi connectivity index (χ3n) is 4.67. The second kappa shape index (κ2) is 7.23. The minimum absolute atomic E-state index is 0.108. The zero-order valence-electron chi connectivity index (χ0n) is 15.0. The number of aryl methyl sites for hydroxylation is 1. The predicted molar refractivity (Wildman–Crippen MR) is 96.9 cm³/mol. The Kier molecular flexibility index (Phi) is 5.21. The SMILES string of the molecule is CCc1nccn1-c1ccnc(C2CCCN(S(=O)(=O)N(C)C)C2)c1. The maximum absolute atomic E-state index is 12.4. The summed E-state index contributed by atoms with van der Waals surface area (Å²) in [5.74, 6) is 1.11. The number of aromatic nitrogens is 3. The Hall–Kier alpha value is -1.77. The molecular weight excluding hydrogens is 338 g/mol. The van der Waals surface area contributed by atoms with Crippen molar-refractivity contribution in [2.24, 2.45) is 0 Å². The molecule has 0 radical (unpaired) electrons. The van der Waals surface area contributed by atoms with Crippen LogP contribution in [0.25, 0.3) is 5.69 Å². The molecule has 3 heterocycles. The van der Waals surface area contributed by atoms with E-state index in [-0.39, 0.29) is 5.92 Å². The number of hydrogen-bond acceptors (Lipinski definition) is 4. The van der Waals surface area contributed by atoms with Gasteiger partial charge in [0.1, 0.15) is 5.82 Å². The predicted octanol–water partition coefficient (Wildman–Crippen LogP) is 1.82. The van der Waals surface area contributed by atoms with Crippen molar-refractivity contribution in [3.8, 4) is 5.69 Å². The van der Waals surface area contributed by atoms with Crippen molar-refractivity contribution in [2.75, 3.05) is 27.2 Å². The quantitative estimate of drug-likeness (QED) is 0.812. The van der Waals surface area contributed by atoms with Crippen LogP contribution in [0.2, 0.25) is 0 Å². The topological polar surface area (TPSA) is 71.3 Å². The number of pyridine rings is 1. The van der Waals surface area contributed by atoms with Crippen molar-refractivity contribution < 1.29 is 8.42 Å². The van der Waals surface area contributed by atoms with Crippen LogP contribution in [0.4, 0.5) is 0 Å². The van der Waals surface area contributed by atoms with Crippen molar-refractivity contribution in [1.29, 1.82) is 0 Å². The highest BCUT2D eigenvalue weighted by Gasteiger charge is 2.31. The van der Waals surface area contributed by atoms with Gasteiger partial charge in [-0.25, -0.2) is 4.98 Å². The Morgan fingerprint density at radius 1 is 1.28 bits per heavy atom. The molecule has 0 aromatic carbocycles. The van der Waals surface area contributed by atoms with Gasteiger partial charge in [0.25, 0.3) is 10.2 Å². The average molecular weight is 363 g/mol. The van der Waals surface area contributed by atoms with Gasteiger partial charge in [-0.3, -0.25) is 4.98 Å². The van der Waals surface area contributed by atoms with Crippen LogP contribution >= 0.6 is 0 Å². The number of rotatable bonds is 5. The van der Waals surface area contributed by atoms with Crippen LogP contribution in [0.1, 0.15) is 37.2 Å². The fraction of sp³-hybridized carbons (Fsp3) is 0.529. The van der Waals surface area contributed by atoms with E-state index in [1.54, 1.807) is 30.8 Å². The first-order chi connectivity index (χ1) is 11.9. The van der Waals surface area contributed by atoms with Gasteiger partial charge in [0.2, 0.25) is 0 Å². The number of hydrogen-bond donors (Lipinski definition) is 0. The number of piperidine rings is 1. The van der Waals surface area contributed by atoms with Crippen LogP contribution < -0.4 is 0 Å². The molecule has 1 aliphatic heterocycles. The molecule has 0 amide bonds. The highest BCUT2D eigenvalue weighted by molar-refractivity contribution is 7.86. The van der Waals surface area contributed by atoms with E-state index in [0.717, 1.165) is 36.5 Å². The summed E-state index contributed by atoms with van der Waals surface area (Å²) < 4.78 is 29.7. The van der Waals surface area contributed by atoms with Gasteiger partial charge >= 0.3 is 0 Å². The largest absolute Gasteiger partial charge is 0.304 e. The van der Waals surface area contributed by atoms with Crippen molar-refractivity contribution in [2.45, 2.75) is 32.1 Å². The second-order valence-electron chi connectivity index (χ2n) is 6.49. The lowest BCUT2D eigenvalue weighted by Gasteiger charge is -2.33. The lowest BCUT2D eigenvalue weighted by Crippen LogP contribution is -2.45. The first-order valence-electron chi connectivity index (χ1n) is 8.59. The van der Waals surface area contributed by atoms with Crippen molar-refractivity contribution in [3.05, 3.63) is 42.2 Å². The van der Waals surface area contributed by atoms with E-state index in [2.05, 4.69) is 27.5 Å². The van der Waals surface area contributed by atoms with Crippen LogP contribution in [0.3, 0.4) is 0 Å². The summed E-state index contributed by atoms with van der Waals surface area (Å²) in [6.07, 6.45) is 8.17. The molecule has 0 bridgehead atoms. The van der Waals surface area contributed by atoms with E-state index in [4.69, 9.17) is 0 Å². The Morgan fingerprint density at radius 3 is 2.80 bits per heavy atom. The summed E-state index contributed by atoms with van der Waals surface area (Å²) in [6.45, 7) is 3.12. The minimum Gasteiger partial charge on any atom is -0.304 e. The molecule has 136 valence electrons. The van der Waals surface area contributed by atoms with Gasteiger partial charge in [0.05, 0.1) is 5.69 Å². The zero-order valence-corrected chi connectivity index (χ0v) is 15.8. The maximum atomic E-state index is 12.4. The van der Waals surface area contributed by atoms with Gasteiger partial charge < -0.3 is 4.57 Å². The highest BCUT2D eigenvalue weighted by atomic mass is 32.2. The molecular formula is C17H25N5O2S. The fourth-order valence-electron chi connectivity index (χ4n) is 3.27. The third kappa shape index (κ3) is 3.61.